The summed E-state index contributed by atoms with van der Waals surface area (Å²) in [6.45, 7) is 4.64. The third kappa shape index (κ3) is 5.08. The van der Waals surface area contributed by atoms with Gasteiger partial charge in [-0.1, -0.05) is 28.9 Å². The number of aromatic nitrogens is 1. The predicted octanol–water partition coefficient (Wildman–Crippen LogP) is 4.45. The average molecular weight is 462 g/mol. The van der Waals surface area contributed by atoms with Crippen LogP contribution in [0.3, 0.4) is 0 Å². The van der Waals surface area contributed by atoms with Crippen LogP contribution in [0.5, 0.6) is 5.75 Å². The maximum absolute atomic E-state index is 13.4. The van der Waals surface area contributed by atoms with Gasteiger partial charge in [0.25, 0.3) is 5.91 Å². The number of halogens is 3. The molecule has 0 bridgehead atoms. The standard InChI is InChI=1S/C23H22ClF2N3O3/c1-15-20(14-31-19-4-2-3-17(25)11-19)22(27-32-15)23(30)29-9-7-28(8-10-29)13-16-5-6-18(26)12-21(16)24/h2-6,11-12H,7-10,13-14H2,1H3. The second-order valence-electron chi connectivity index (χ2n) is 7.62. The van der Waals surface area contributed by atoms with Crippen molar-refractivity contribution in [3.8, 4) is 5.75 Å². The van der Waals surface area contributed by atoms with Gasteiger partial charge < -0.3 is 14.2 Å². The number of nitrogens with zero attached hydrogens (tertiary/aromatic N) is 3. The van der Waals surface area contributed by atoms with Gasteiger partial charge in [0.1, 0.15) is 29.8 Å². The van der Waals surface area contributed by atoms with Crippen molar-refractivity contribution in [1.82, 2.24) is 15.0 Å². The van der Waals surface area contributed by atoms with Crippen LogP contribution in [0.4, 0.5) is 8.78 Å². The second-order valence-corrected chi connectivity index (χ2v) is 8.02. The van der Waals surface area contributed by atoms with Gasteiger partial charge in [0.05, 0.1) is 5.56 Å². The molecule has 0 radical (unpaired) electrons. The zero-order chi connectivity index (χ0) is 22.7. The van der Waals surface area contributed by atoms with E-state index in [2.05, 4.69) is 10.1 Å². The van der Waals surface area contributed by atoms with E-state index in [4.69, 9.17) is 20.9 Å². The molecule has 6 nitrogen and oxygen atoms in total. The minimum Gasteiger partial charge on any atom is -0.489 e. The topological polar surface area (TPSA) is 58.8 Å². The molecule has 0 spiro atoms. The van der Waals surface area contributed by atoms with E-state index >= 15 is 0 Å². The highest BCUT2D eigenvalue weighted by molar-refractivity contribution is 6.31. The van der Waals surface area contributed by atoms with Crippen molar-refractivity contribution in [2.45, 2.75) is 20.1 Å². The highest BCUT2D eigenvalue weighted by Crippen LogP contribution is 2.22. The molecule has 1 amide bonds. The van der Waals surface area contributed by atoms with E-state index in [1.165, 1.54) is 24.3 Å². The van der Waals surface area contributed by atoms with Gasteiger partial charge in [-0.25, -0.2) is 8.78 Å². The van der Waals surface area contributed by atoms with Gasteiger partial charge in [-0.15, -0.1) is 0 Å². The van der Waals surface area contributed by atoms with E-state index in [-0.39, 0.29) is 24.0 Å². The third-order valence-electron chi connectivity index (χ3n) is 5.44. The molecule has 168 valence electrons. The Balaban J connectivity index is 1.37. The Morgan fingerprint density at radius 1 is 1.12 bits per heavy atom. The molecule has 0 atom stereocenters. The number of hydrogen-bond acceptors (Lipinski definition) is 5. The average Bonchev–Trinajstić information content (AvgIpc) is 3.14. The van der Waals surface area contributed by atoms with Crippen LogP contribution in [-0.4, -0.2) is 47.0 Å². The number of hydrogen-bond donors (Lipinski definition) is 0. The van der Waals surface area contributed by atoms with Crippen LogP contribution in [0.2, 0.25) is 5.02 Å². The smallest absolute Gasteiger partial charge is 0.276 e. The maximum Gasteiger partial charge on any atom is 0.276 e. The number of carbonyl (C=O) groups excluding carboxylic acids is 1. The largest absolute Gasteiger partial charge is 0.489 e. The molecule has 1 aliphatic heterocycles. The van der Waals surface area contributed by atoms with E-state index in [9.17, 15) is 13.6 Å². The number of amides is 1. The Labute approximate surface area is 189 Å². The van der Waals surface area contributed by atoms with Gasteiger partial charge in [0, 0.05) is 43.8 Å². The molecule has 0 aliphatic carbocycles. The predicted molar refractivity (Wildman–Crippen MR) is 115 cm³/mol. The van der Waals surface area contributed by atoms with Crippen molar-refractivity contribution < 1.29 is 22.8 Å². The Bertz CT molecular complexity index is 1110. The molecule has 0 N–H and O–H groups in total. The first-order valence-electron chi connectivity index (χ1n) is 10.2. The van der Waals surface area contributed by atoms with Crippen LogP contribution in [-0.2, 0) is 13.2 Å². The minimum atomic E-state index is -0.402. The molecule has 3 aromatic rings. The first-order valence-corrected chi connectivity index (χ1v) is 10.6. The first kappa shape index (κ1) is 22.2. The summed E-state index contributed by atoms with van der Waals surface area (Å²) in [5.41, 5.74) is 1.59. The Hall–Kier alpha value is -2.97. The lowest BCUT2D eigenvalue weighted by Gasteiger charge is -2.34. The molecule has 1 aliphatic rings. The monoisotopic (exact) mass is 461 g/mol. The molecule has 0 saturated carbocycles. The Morgan fingerprint density at radius 3 is 2.59 bits per heavy atom. The van der Waals surface area contributed by atoms with Gasteiger partial charge in [-0.2, -0.15) is 0 Å². The van der Waals surface area contributed by atoms with E-state index in [0.717, 1.165) is 5.56 Å². The summed E-state index contributed by atoms with van der Waals surface area (Å²) in [5, 5.41) is 4.33. The number of aryl methyl sites for hydroxylation is 1. The van der Waals surface area contributed by atoms with E-state index in [1.807, 2.05) is 0 Å². The summed E-state index contributed by atoms with van der Waals surface area (Å²) in [6.07, 6.45) is 0. The van der Waals surface area contributed by atoms with Gasteiger partial charge in [0.2, 0.25) is 0 Å². The van der Waals surface area contributed by atoms with Crippen molar-refractivity contribution in [3.63, 3.8) is 0 Å². The number of benzene rings is 2. The lowest BCUT2D eigenvalue weighted by molar-refractivity contribution is 0.0616. The summed E-state index contributed by atoms with van der Waals surface area (Å²) in [4.78, 5) is 16.9. The first-order chi connectivity index (χ1) is 15.4. The molecule has 9 heteroatoms. The molecule has 2 aromatic carbocycles. The normalized spacial score (nSPS) is 14.6. The van der Waals surface area contributed by atoms with Gasteiger partial charge >= 0.3 is 0 Å². The van der Waals surface area contributed by atoms with E-state index < -0.39 is 5.82 Å². The minimum absolute atomic E-state index is 0.0445. The van der Waals surface area contributed by atoms with Crippen LogP contribution in [0.25, 0.3) is 0 Å². The van der Waals surface area contributed by atoms with Crippen molar-refractivity contribution in [2.24, 2.45) is 0 Å². The molecular formula is C23H22ClF2N3O3. The number of carbonyl (C=O) groups is 1. The van der Waals surface area contributed by atoms with Crippen LogP contribution >= 0.6 is 11.6 Å². The zero-order valence-corrected chi connectivity index (χ0v) is 18.2. The Kier molecular flexibility index (Phi) is 6.72. The summed E-state index contributed by atoms with van der Waals surface area (Å²) >= 11 is 6.13. The van der Waals surface area contributed by atoms with Crippen LogP contribution in [0.15, 0.2) is 47.0 Å². The van der Waals surface area contributed by atoms with Crippen molar-refractivity contribution in [1.29, 1.82) is 0 Å². The maximum atomic E-state index is 13.4. The molecule has 1 saturated heterocycles. The van der Waals surface area contributed by atoms with Gasteiger partial charge in [-0.3, -0.25) is 9.69 Å². The van der Waals surface area contributed by atoms with E-state index in [1.54, 1.807) is 30.0 Å². The van der Waals surface area contributed by atoms with Crippen LogP contribution in [0, 0.1) is 18.6 Å². The summed E-state index contributed by atoms with van der Waals surface area (Å²) in [6, 6.07) is 10.2. The number of ether oxygens (including phenoxy) is 1. The molecule has 1 aromatic heterocycles. The fourth-order valence-electron chi connectivity index (χ4n) is 3.59. The second kappa shape index (κ2) is 9.67. The Morgan fingerprint density at radius 2 is 1.88 bits per heavy atom. The van der Waals surface area contributed by atoms with Crippen molar-refractivity contribution in [3.05, 3.63) is 81.7 Å². The fourth-order valence-corrected chi connectivity index (χ4v) is 3.82. The summed E-state index contributed by atoms with van der Waals surface area (Å²) < 4.78 is 37.5. The fraction of sp³-hybridized carbons (Fsp3) is 0.304. The van der Waals surface area contributed by atoms with Crippen LogP contribution < -0.4 is 4.74 Å². The SMILES string of the molecule is Cc1onc(C(=O)N2CCN(Cc3ccc(F)cc3Cl)CC2)c1COc1cccc(F)c1. The highest BCUT2D eigenvalue weighted by Gasteiger charge is 2.28. The van der Waals surface area contributed by atoms with Crippen LogP contribution in [0.1, 0.15) is 27.4 Å². The van der Waals surface area contributed by atoms with Gasteiger partial charge in [-0.05, 0) is 36.8 Å². The lowest BCUT2D eigenvalue weighted by atomic mass is 10.1. The van der Waals surface area contributed by atoms with Gasteiger partial charge in [0.15, 0.2) is 5.69 Å². The molecule has 32 heavy (non-hydrogen) atoms. The van der Waals surface area contributed by atoms with E-state index in [0.29, 0.717) is 54.8 Å². The van der Waals surface area contributed by atoms with Crippen molar-refractivity contribution >= 4 is 17.5 Å². The summed E-state index contributed by atoms with van der Waals surface area (Å²) in [7, 11) is 0. The molecule has 1 fully saturated rings. The lowest BCUT2D eigenvalue weighted by Crippen LogP contribution is -2.48. The molecule has 2 heterocycles. The number of rotatable bonds is 6. The molecule has 0 unspecified atom stereocenters. The van der Waals surface area contributed by atoms with Crippen molar-refractivity contribution in [2.75, 3.05) is 26.2 Å². The zero-order valence-electron chi connectivity index (χ0n) is 17.5. The molecular weight excluding hydrogens is 440 g/mol. The third-order valence-corrected chi connectivity index (χ3v) is 5.79. The number of piperazine rings is 1. The summed E-state index contributed by atoms with van der Waals surface area (Å²) in [5.74, 6) is -0.166. The highest BCUT2D eigenvalue weighted by atomic mass is 35.5. The molecule has 4 rings (SSSR count). The quantitative estimate of drug-likeness (QED) is 0.542.